The molecule has 0 fully saturated rings. The molecular weight excluding hydrogens is 107 g/mol. The number of rotatable bonds is 0. The molecule has 0 aliphatic carbocycles. The van der Waals surface area contributed by atoms with E-state index in [1.54, 1.807) is 13.0 Å². The van der Waals surface area contributed by atoms with Crippen LogP contribution in [-0.4, -0.2) is 0 Å². The van der Waals surface area contributed by atoms with Gasteiger partial charge in [-0.2, -0.15) is 0 Å². The van der Waals surface area contributed by atoms with Crippen molar-refractivity contribution in [2.24, 2.45) is 0 Å². The molecule has 0 unspecified atom stereocenters. The lowest BCUT2D eigenvalue weighted by Gasteiger charge is -1.66. The lowest BCUT2D eigenvalue weighted by Crippen LogP contribution is -1.38. The third-order valence-corrected chi connectivity index (χ3v) is 0.655. The van der Waals surface area contributed by atoms with Crippen LogP contribution in [0.5, 0.6) is 0 Å². The Kier molecular flexibility index (Phi) is 2.71. The molecule has 0 saturated heterocycles. The van der Waals surface area contributed by atoms with Gasteiger partial charge in [0.25, 0.3) is 0 Å². The maximum atomic E-state index is 5.09. The molecule has 30 valence electrons. The molecule has 0 bridgehead atoms. The van der Waals surface area contributed by atoms with E-state index in [1.165, 1.54) is 0 Å². The Morgan fingerprint density at radius 2 is 1.80 bits per heavy atom. The van der Waals surface area contributed by atoms with Crippen LogP contribution in [0.15, 0.2) is 10.6 Å². The zero-order valence-electron chi connectivity index (χ0n) is 2.83. The second kappa shape index (κ2) is 2.55. The number of hydrogen-bond acceptors (Lipinski definition) is 0. The van der Waals surface area contributed by atoms with Gasteiger partial charge in [0.2, 0.25) is 0 Å². The summed E-state index contributed by atoms with van der Waals surface area (Å²) in [7, 11) is 0. The van der Waals surface area contributed by atoms with Crippen molar-refractivity contribution in [3.8, 4) is 0 Å². The van der Waals surface area contributed by atoms with Gasteiger partial charge in [0, 0.05) is 0 Å². The average Bonchev–Trinajstić information content (AvgIpc) is 1.38. The molecule has 0 aromatic heterocycles. The third kappa shape index (κ3) is 4.32. The summed E-state index contributed by atoms with van der Waals surface area (Å²) in [6.07, 6.45) is 1.61. The van der Waals surface area contributed by atoms with E-state index < -0.39 is 0 Å². The van der Waals surface area contributed by atoms with E-state index in [-0.39, 0.29) is 0 Å². The van der Waals surface area contributed by atoms with Gasteiger partial charge in [0.1, 0.15) is 4.49 Å². The highest BCUT2D eigenvalue weighted by Crippen LogP contribution is 2.03. The van der Waals surface area contributed by atoms with Crippen molar-refractivity contribution >= 4 is 23.2 Å². The van der Waals surface area contributed by atoms with Crippen molar-refractivity contribution in [2.45, 2.75) is 6.92 Å². The van der Waals surface area contributed by atoms with E-state index in [4.69, 9.17) is 23.2 Å². The predicted molar refractivity (Wildman–Crippen MR) is 25.5 cm³/mol. The molecule has 0 spiro atoms. The van der Waals surface area contributed by atoms with E-state index in [1.807, 2.05) is 0 Å². The fourth-order valence-electron chi connectivity index (χ4n) is 0. The van der Waals surface area contributed by atoms with Gasteiger partial charge in [0.05, 0.1) is 0 Å². The normalized spacial score (nSPS) is 7.00. The van der Waals surface area contributed by atoms with Crippen molar-refractivity contribution in [2.75, 3.05) is 0 Å². The molecule has 0 atom stereocenters. The molecule has 0 amide bonds. The first-order valence-electron chi connectivity index (χ1n) is 1.24. The molecule has 0 aromatic carbocycles. The van der Waals surface area contributed by atoms with Crippen molar-refractivity contribution in [1.29, 1.82) is 0 Å². The molecule has 2 heteroatoms. The molecule has 0 aromatic rings. The van der Waals surface area contributed by atoms with Crippen LogP contribution in [0.4, 0.5) is 0 Å². The van der Waals surface area contributed by atoms with Gasteiger partial charge in [0.15, 0.2) is 0 Å². The summed E-state index contributed by atoms with van der Waals surface area (Å²) in [5, 5.41) is 0. The van der Waals surface area contributed by atoms with Crippen LogP contribution >= 0.6 is 23.2 Å². The Morgan fingerprint density at radius 3 is 1.80 bits per heavy atom. The highest BCUT2D eigenvalue weighted by Gasteiger charge is 1.68. The molecule has 0 radical (unpaired) electrons. The molecule has 0 aliphatic heterocycles. The molecule has 0 N–H and O–H groups in total. The summed E-state index contributed by atoms with van der Waals surface area (Å²) in [4.78, 5) is 0. The van der Waals surface area contributed by atoms with Crippen molar-refractivity contribution < 1.29 is 0 Å². The summed E-state index contributed by atoms with van der Waals surface area (Å²) in [5.41, 5.74) is 0. The van der Waals surface area contributed by atoms with Gasteiger partial charge in [-0.1, -0.05) is 29.3 Å². The maximum Gasteiger partial charge on any atom is 0.102 e. The summed E-state index contributed by atoms with van der Waals surface area (Å²) >= 11 is 10.2. The molecule has 0 rings (SSSR count). The van der Waals surface area contributed by atoms with Crippen LogP contribution in [-0.2, 0) is 0 Å². The lowest BCUT2D eigenvalue weighted by molar-refractivity contribution is 1.76. The van der Waals surface area contributed by atoms with Crippen LogP contribution in [0, 0.1) is 0 Å². The molecular formula is C3H4Cl2. The smallest absolute Gasteiger partial charge is 0.0713 e. The van der Waals surface area contributed by atoms with E-state index in [9.17, 15) is 0 Å². The lowest BCUT2D eigenvalue weighted by atomic mass is 10.8. The van der Waals surface area contributed by atoms with Crippen LogP contribution in [0.3, 0.4) is 0 Å². The van der Waals surface area contributed by atoms with Gasteiger partial charge in [-0.25, -0.2) is 0 Å². The molecule has 0 nitrogen and oxygen atoms in total. The fourth-order valence-corrected chi connectivity index (χ4v) is 0. The predicted octanol–water partition coefficient (Wildman–Crippen LogP) is 2.33. The Morgan fingerprint density at radius 1 is 1.60 bits per heavy atom. The van der Waals surface area contributed by atoms with Gasteiger partial charge < -0.3 is 0 Å². The van der Waals surface area contributed by atoms with Crippen LogP contribution in [0.2, 0.25) is 0 Å². The largest absolute Gasteiger partial charge is 0.102 e. The van der Waals surface area contributed by atoms with E-state index >= 15 is 0 Å². The third-order valence-electron chi connectivity index (χ3n) is 0.218. The molecule has 0 heterocycles. The van der Waals surface area contributed by atoms with Gasteiger partial charge in [-0.15, -0.1) is 0 Å². The maximum absolute atomic E-state index is 5.09. The molecule has 0 saturated carbocycles. The minimum atomic E-state index is 0.324. The number of hydrogen-bond donors (Lipinski definition) is 0. The van der Waals surface area contributed by atoms with Gasteiger partial charge >= 0.3 is 0 Å². The standard InChI is InChI=1S/C3H4Cl2/c1-2-3(4)5/h2H,1H3. The monoisotopic (exact) mass is 110 g/mol. The molecule has 0 aliphatic rings. The SMILES string of the molecule is CC=C(Cl)Cl. The van der Waals surface area contributed by atoms with Crippen molar-refractivity contribution in [1.82, 2.24) is 0 Å². The zero-order valence-corrected chi connectivity index (χ0v) is 4.35. The number of halogens is 2. The summed E-state index contributed by atoms with van der Waals surface area (Å²) in [5.74, 6) is 0. The Balaban J connectivity index is 3.14. The minimum Gasteiger partial charge on any atom is -0.0713 e. The van der Waals surface area contributed by atoms with Gasteiger partial charge in [-0.3, -0.25) is 0 Å². The van der Waals surface area contributed by atoms with E-state index in [0.29, 0.717) is 4.49 Å². The summed E-state index contributed by atoms with van der Waals surface area (Å²) < 4.78 is 0.324. The Labute approximate surface area is 41.4 Å². The quantitative estimate of drug-likeness (QED) is 0.450. The van der Waals surface area contributed by atoms with Crippen LogP contribution < -0.4 is 0 Å². The first-order chi connectivity index (χ1) is 2.27. The average molecular weight is 111 g/mol. The van der Waals surface area contributed by atoms with Crippen LogP contribution in [0.25, 0.3) is 0 Å². The summed E-state index contributed by atoms with van der Waals surface area (Å²) in [6, 6.07) is 0. The highest BCUT2D eigenvalue weighted by molar-refractivity contribution is 6.55. The topological polar surface area (TPSA) is 0 Å². The van der Waals surface area contributed by atoms with Crippen LogP contribution in [0.1, 0.15) is 6.92 Å². The first kappa shape index (κ1) is 5.32. The van der Waals surface area contributed by atoms with Crippen molar-refractivity contribution in [3.63, 3.8) is 0 Å². The second-order valence-corrected chi connectivity index (χ2v) is 1.59. The minimum absolute atomic E-state index is 0.324. The van der Waals surface area contributed by atoms with Gasteiger partial charge in [-0.05, 0) is 6.92 Å². The second-order valence-electron chi connectivity index (χ2n) is 0.578. The summed E-state index contributed by atoms with van der Waals surface area (Å²) in [6.45, 7) is 1.77. The number of allylic oxidation sites excluding steroid dienone is 1. The molecule has 5 heavy (non-hydrogen) atoms. The van der Waals surface area contributed by atoms with E-state index in [2.05, 4.69) is 0 Å². The Hall–Kier alpha value is 0.320. The van der Waals surface area contributed by atoms with Crippen molar-refractivity contribution in [3.05, 3.63) is 10.6 Å². The first-order valence-corrected chi connectivity index (χ1v) is 2.00. The van der Waals surface area contributed by atoms with E-state index in [0.717, 1.165) is 0 Å². The fraction of sp³-hybridized carbons (Fsp3) is 0.333. The highest BCUT2D eigenvalue weighted by atomic mass is 35.5. The Bertz CT molecular complexity index is 42.9. The zero-order chi connectivity index (χ0) is 4.28.